The van der Waals surface area contributed by atoms with Crippen LogP contribution in [0.1, 0.15) is 48.3 Å². The van der Waals surface area contributed by atoms with Gasteiger partial charge in [0.1, 0.15) is 0 Å². The first kappa shape index (κ1) is 18.1. The topological polar surface area (TPSA) is 46.9 Å². The number of hydrogen-bond acceptors (Lipinski definition) is 2. The molecule has 0 aliphatic carbocycles. The van der Waals surface area contributed by atoms with Gasteiger partial charge in [0.05, 0.1) is 12.1 Å². The fourth-order valence-corrected chi connectivity index (χ4v) is 2.83. The van der Waals surface area contributed by atoms with Crippen molar-refractivity contribution in [3.8, 4) is 0 Å². The van der Waals surface area contributed by atoms with Crippen molar-refractivity contribution in [2.24, 2.45) is 0 Å². The maximum atomic E-state index is 12.8. The Morgan fingerprint density at radius 3 is 2.46 bits per heavy atom. The summed E-state index contributed by atoms with van der Waals surface area (Å²) < 4.78 is 26.4. The van der Waals surface area contributed by atoms with Crippen LogP contribution in [-0.2, 0) is 11.2 Å². The summed E-state index contributed by atoms with van der Waals surface area (Å²) in [7, 11) is 0. The van der Waals surface area contributed by atoms with Crippen LogP contribution in [0.25, 0.3) is 0 Å². The predicted octanol–water partition coefficient (Wildman–Crippen LogP) is 3.75. The molecule has 0 fully saturated rings. The van der Waals surface area contributed by atoms with Gasteiger partial charge in [-0.2, -0.15) is 13.9 Å². The van der Waals surface area contributed by atoms with E-state index in [-0.39, 0.29) is 18.2 Å². The van der Waals surface area contributed by atoms with Gasteiger partial charge in [0.2, 0.25) is 5.91 Å². The zero-order valence-corrected chi connectivity index (χ0v) is 14.2. The Bertz CT molecular complexity index is 683. The molecule has 1 amide bonds. The molecule has 0 saturated heterocycles. The molecule has 1 N–H and O–H groups in total. The SMILES string of the molecule is CC[C@@H](CNC(=O)Cc1c(C)nn(C(F)F)c1C)c1ccccc1. The molecular formula is C18H23F2N3O. The van der Waals surface area contributed by atoms with Crippen molar-refractivity contribution in [1.29, 1.82) is 0 Å². The summed E-state index contributed by atoms with van der Waals surface area (Å²) in [5.74, 6) is 0.0607. The van der Waals surface area contributed by atoms with E-state index in [2.05, 4.69) is 17.3 Å². The van der Waals surface area contributed by atoms with Crippen LogP contribution >= 0.6 is 0 Å². The number of carbonyl (C=O) groups is 1. The van der Waals surface area contributed by atoms with Gasteiger partial charge < -0.3 is 5.32 Å². The van der Waals surface area contributed by atoms with Gasteiger partial charge in [-0.05, 0) is 25.8 Å². The second kappa shape index (κ2) is 8.04. The van der Waals surface area contributed by atoms with Crippen molar-refractivity contribution < 1.29 is 13.6 Å². The number of alkyl halides is 2. The molecule has 1 aromatic carbocycles. The van der Waals surface area contributed by atoms with Crippen LogP contribution in [0.15, 0.2) is 30.3 Å². The van der Waals surface area contributed by atoms with Gasteiger partial charge in [0.25, 0.3) is 0 Å². The molecule has 2 aromatic rings. The number of aryl methyl sites for hydroxylation is 1. The van der Waals surface area contributed by atoms with E-state index in [4.69, 9.17) is 0 Å². The molecule has 1 heterocycles. The summed E-state index contributed by atoms with van der Waals surface area (Å²) in [5, 5.41) is 6.72. The average molecular weight is 335 g/mol. The Morgan fingerprint density at radius 1 is 1.25 bits per heavy atom. The number of aromatic nitrogens is 2. The van der Waals surface area contributed by atoms with Crippen LogP contribution < -0.4 is 5.32 Å². The van der Waals surface area contributed by atoms with Crippen LogP contribution in [0.3, 0.4) is 0 Å². The lowest BCUT2D eigenvalue weighted by molar-refractivity contribution is -0.120. The Kier molecular flexibility index (Phi) is 6.06. The summed E-state index contributed by atoms with van der Waals surface area (Å²) in [6, 6.07) is 10.0. The highest BCUT2D eigenvalue weighted by Gasteiger charge is 2.19. The Labute approximate surface area is 140 Å². The number of nitrogens with zero attached hydrogens (tertiary/aromatic N) is 2. The van der Waals surface area contributed by atoms with Crippen molar-refractivity contribution >= 4 is 5.91 Å². The molecule has 0 bridgehead atoms. The van der Waals surface area contributed by atoms with Crippen molar-refractivity contribution in [1.82, 2.24) is 15.1 Å². The number of hydrogen-bond donors (Lipinski definition) is 1. The molecule has 0 saturated carbocycles. The van der Waals surface area contributed by atoms with E-state index in [0.717, 1.165) is 6.42 Å². The second-order valence-electron chi connectivity index (χ2n) is 5.87. The van der Waals surface area contributed by atoms with E-state index >= 15 is 0 Å². The molecule has 1 aromatic heterocycles. The predicted molar refractivity (Wildman–Crippen MR) is 89.1 cm³/mol. The minimum Gasteiger partial charge on any atom is -0.355 e. The lowest BCUT2D eigenvalue weighted by Crippen LogP contribution is -2.29. The van der Waals surface area contributed by atoms with Crippen molar-refractivity contribution in [3.63, 3.8) is 0 Å². The Hall–Kier alpha value is -2.24. The molecule has 0 aliphatic rings. The molecular weight excluding hydrogens is 312 g/mol. The quantitative estimate of drug-likeness (QED) is 0.838. The van der Waals surface area contributed by atoms with Crippen molar-refractivity contribution in [3.05, 3.63) is 52.8 Å². The maximum absolute atomic E-state index is 12.8. The second-order valence-corrected chi connectivity index (χ2v) is 5.87. The van der Waals surface area contributed by atoms with E-state index in [0.29, 0.717) is 28.2 Å². The fraction of sp³-hybridized carbons (Fsp3) is 0.444. The number of amides is 1. The summed E-state index contributed by atoms with van der Waals surface area (Å²) in [6.45, 7) is 3.12. The molecule has 0 radical (unpaired) electrons. The molecule has 2 rings (SSSR count). The number of halogens is 2. The minimum absolute atomic E-state index is 0.0651. The third kappa shape index (κ3) is 4.19. The third-order valence-electron chi connectivity index (χ3n) is 4.31. The molecule has 4 nitrogen and oxygen atoms in total. The van der Waals surface area contributed by atoms with Gasteiger partial charge in [-0.3, -0.25) is 4.79 Å². The van der Waals surface area contributed by atoms with Crippen LogP contribution in [0, 0.1) is 13.8 Å². The Balaban J connectivity index is 1.99. The zero-order valence-electron chi connectivity index (χ0n) is 14.2. The van der Waals surface area contributed by atoms with Gasteiger partial charge in [-0.25, -0.2) is 4.68 Å². The van der Waals surface area contributed by atoms with Crippen LogP contribution in [0.4, 0.5) is 8.78 Å². The van der Waals surface area contributed by atoms with E-state index in [1.807, 2.05) is 30.3 Å². The Morgan fingerprint density at radius 2 is 1.92 bits per heavy atom. The van der Waals surface area contributed by atoms with Gasteiger partial charge in [0.15, 0.2) is 0 Å². The lowest BCUT2D eigenvalue weighted by atomic mass is 9.96. The summed E-state index contributed by atoms with van der Waals surface area (Å²) in [5.41, 5.74) is 2.56. The number of carbonyl (C=O) groups excluding carboxylic acids is 1. The summed E-state index contributed by atoms with van der Waals surface area (Å²) in [4.78, 5) is 12.2. The molecule has 1 atom stereocenters. The van der Waals surface area contributed by atoms with E-state index in [1.54, 1.807) is 13.8 Å². The highest BCUT2D eigenvalue weighted by atomic mass is 19.3. The van der Waals surface area contributed by atoms with Crippen LogP contribution in [-0.4, -0.2) is 22.2 Å². The van der Waals surface area contributed by atoms with Gasteiger partial charge >= 0.3 is 6.55 Å². The normalized spacial score (nSPS) is 12.4. The molecule has 130 valence electrons. The number of rotatable bonds is 7. The number of nitrogens with one attached hydrogen (secondary N) is 1. The summed E-state index contributed by atoms with van der Waals surface area (Å²) in [6.07, 6.45) is 0.973. The molecule has 0 spiro atoms. The summed E-state index contributed by atoms with van der Waals surface area (Å²) >= 11 is 0. The van der Waals surface area contributed by atoms with Crippen molar-refractivity contribution in [2.45, 2.75) is 46.1 Å². The standard InChI is InChI=1S/C18H23F2N3O/c1-4-14(15-8-6-5-7-9-15)11-21-17(24)10-16-12(2)22-23(13(16)3)18(19)20/h5-9,14,18H,4,10-11H2,1-3H3,(H,21,24)/t14-/m0/s1. The van der Waals surface area contributed by atoms with E-state index in [1.165, 1.54) is 5.56 Å². The number of benzene rings is 1. The molecule has 6 heteroatoms. The molecule has 24 heavy (non-hydrogen) atoms. The lowest BCUT2D eigenvalue weighted by Gasteiger charge is -2.16. The minimum atomic E-state index is -2.69. The monoisotopic (exact) mass is 335 g/mol. The van der Waals surface area contributed by atoms with E-state index in [9.17, 15) is 13.6 Å². The first-order valence-electron chi connectivity index (χ1n) is 8.08. The van der Waals surface area contributed by atoms with Crippen LogP contribution in [0.2, 0.25) is 0 Å². The maximum Gasteiger partial charge on any atom is 0.333 e. The highest BCUT2D eigenvalue weighted by molar-refractivity contribution is 5.79. The van der Waals surface area contributed by atoms with Crippen LogP contribution in [0.5, 0.6) is 0 Å². The van der Waals surface area contributed by atoms with E-state index < -0.39 is 6.55 Å². The van der Waals surface area contributed by atoms with Gasteiger partial charge in [0, 0.05) is 23.7 Å². The largest absolute Gasteiger partial charge is 0.355 e. The first-order chi connectivity index (χ1) is 11.4. The highest BCUT2D eigenvalue weighted by Crippen LogP contribution is 2.20. The third-order valence-corrected chi connectivity index (χ3v) is 4.31. The average Bonchev–Trinajstić information content (AvgIpc) is 2.85. The molecule has 0 aliphatic heterocycles. The van der Waals surface area contributed by atoms with Crippen molar-refractivity contribution in [2.75, 3.05) is 6.54 Å². The van der Waals surface area contributed by atoms with Gasteiger partial charge in [-0.15, -0.1) is 0 Å². The first-order valence-corrected chi connectivity index (χ1v) is 8.08. The fourth-order valence-electron chi connectivity index (χ4n) is 2.83. The van der Waals surface area contributed by atoms with Gasteiger partial charge in [-0.1, -0.05) is 37.3 Å². The smallest absolute Gasteiger partial charge is 0.333 e. The zero-order chi connectivity index (χ0) is 17.7. The molecule has 0 unspecified atom stereocenters.